The van der Waals surface area contributed by atoms with Crippen molar-refractivity contribution in [2.24, 2.45) is 0 Å². The maximum Gasteiger partial charge on any atom is 0.338 e. The number of carbonyl (C=O) groups is 5. The number of nitrogens with one attached hydrogen (secondary N) is 1. The summed E-state index contributed by atoms with van der Waals surface area (Å²) in [7, 11) is 0. The van der Waals surface area contributed by atoms with E-state index in [4.69, 9.17) is 9.47 Å². The number of carbonyl (C=O) groups excluding carboxylic acids is 5. The van der Waals surface area contributed by atoms with Crippen LogP contribution in [0.4, 0.5) is 11.4 Å². The van der Waals surface area contributed by atoms with Crippen LogP contribution < -0.4 is 5.32 Å². The maximum atomic E-state index is 12.4. The second kappa shape index (κ2) is 14.1. The van der Waals surface area contributed by atoms with E-state index in [-0.39, 0.29) is 47.8 Å². The number of ketones is 2. The minimum atomic E-state index is -0.971. The highest BCUT2D eigenvalue weighted by Crippen LogP contribution is 2.15. The first-order valence-corrected chi connectivity index (χ1v) is 12.3. The highest BCUT2D eigenvalue weighted by atomic mass is 16.6. The topological polar surface area (TPSA) is 159 Å². The predicted molar refractivity (Wildman–Crippen MR) is 143 cm³/mol. The summed E-state index contributed by atoms with van der Waals surface area (Å²) in [6, 6.07) is 19.3. The van der Waals surface area contributed by atoms with Gasteiger partial charge in [0.15, 0.2) is 18.5 Å². The monoisotopic (exact) mass is 546 g/mol. The number of anilines is 1. The molecule has 0 saturated heterocycles. The Kier molecular flexibility index (Phi) is 10.4. The summed E-state index contributed by atoms with van der Waals surface area (Å²) in [5, 5.41) is 13.3. The number of nitro groups is 1. The summed E-state index contributed by atoms with van der Waals surface area (Å²) in [6.45, 7) is 0.977. The second-order valence-electron chi connectivity index (χ2n) is 8.64. The fraction of sp³-hybridized carbons (Fsp3) is 0.207. The van der Waals surface area contributed by atoms with Crippen molar-refractivity contribution >= 4 is 40.8 Å². The summed E-state index contributed by atoms with van der Waals surface area (Å²) in [4.78, 5) is 71.0. The van der Waals surface area contributed by atoms with Crippen molar-refractivity contribution in [2.75, 3.05) is 11.9 Å². The molecule has 0 aliphatic rings. The maximum absolute atomic E-state index is 12.4. The molecule has 0 saturated carbocycles. The largest absolute Gasteiger partial charge is 0.457 e. The number of Topliss-reactive ketones (excluding diaryl/α,β-unsaturated/α-hetero) is 2. The van der Waals surface area contributed by atoms with Gasteiger partial charge in [0.2, 0.25) is 11.7 Å². The van der Waals surface area contributed by atoms with E-state index in [9.17, 15) is 34.1 Å². The zero-order valence-corrected chi connectivity index (χ0v) is 21.5. The fourth-order valence-electron chi connectivity index (χ4n) is 3.50. The molecule has 11 heteroatoms. The molecule has 0 aromatic heterocycles. The number of rotatable bonds is 13. The first-order chi connectivity index (χ1) is 19.1. The number of nitro benzene ring substituents is 1. The second-order valence-corrected chi connectivity index (χ2v) is 8.64. The third kappa shape index (κ3) is 8.69. The van der Waals surface area contributed by atoms with E-state index >= 15 is 0 Å². The third-order valence-electron chi connectivity index (χ3n) is 5.66. The zero-order chi connectivity index (χ0) is 29.1. The number of amides is 1. The lowest BCUT2D eigenvalue weighted by Crippen LogP contribution is -2.24. The molecule has 1 N–H and O–H groups in total. The van der Waals surface area contributed by atoms with Crippen LogP contribution in [0.15, 0.2) is 78.9 Å². The van der Waals surface area contributed by atoms with Crippen molar-refractivity contribution in [3.8, 4) is 0 Å². The molecule has 0 radical (unpaired) electrons. The summed E-state index contributed by atoms with van der Waals surface area (Å²) >= 11 is 0. The van der Waals surface area contributed by atoms with Gasteiger partial charge in [-0.3, -0.25) is 29.3 Å². The van der Waals surface area contributed by atoms with E-state index in [1.807, 2.05) is 0 Å². The average Bonchev–Trinajstić information content (AvgIpc) is 2.96. The molecule has 1 atom stereocenters. The van der Waals surface area contributed by atoms with Crippen LogP contribution in [0.1, 0.15) is 57.3 Å². The van der Waals surface area contributed by atoms with Crippen LogP contribution in [-0.4, -0.2) is 47.0 Å². The Morgan fingerprint density at radius 3 is 2.08 bits per heavy atom. The van der Waals surface area contributed by atoms with Crippen LogP contribution in [0, 0.1) is 10.1 Å². The molecule has 0 fully saturated rings. The van der Waals surface area contributed by atoms with Gasteiger partial charge in [-0.05, 0) is 49.7 Å². The summed E-state index contributed by atoms with van der Waals surface area (Å²) in [5.41, 5.74) is 1.08. The van der Waals surface area contributed by atoms with Gasteiger partial charge in [-0.1, -0.05) is 30.3 Å². The van der Waals surface area contributed by atoms with Crippen LogP contribution in [0.5, 0.6) is 0 Å². The van der Waals surface area contributed by atoms with Crippen molar-refractivity contribution in [2.45, 2.75) is 32.3 Å². The molecular formula is C29H26N2O9. The summed E-state index contributed by atoms with van der Waals surface area (Å²) < 4.78 is 10.2. The quantitative estimate of drug-likeness (QED) is 0.140. The van der Waals surface area contributed by atoms with Gasteiger partial charge in [0.25, 0.3) is 5.69 Å². The number of nitrogens with zero attached hydrogens (tertiary/aromatic N) is 1. The Morgan fingerprint density at radius 1 is 0.825 bits per heavy atom. The average molecular weight is 547 g/mol. The Labute approximate surface area is 229 Å². The molecule has 3 rings (SSSR count). The van der Waals surface area contributed by atoms with Gasteiger partial charge >= 0.3 is 11.9 Å². The predicted octanol–water partition coefficient (Wildman–Crippen LogP) is 4.56. The molecule has 206 valence electrons. The standard InChI is InChI=1S/C29H26N2O9/c1-19(28(35)21-6-3-2-4-7-21)40-29(36)22-10-14-23(15-11-22)30-26(33)8-5-9-27(34)39-18-25(32)20-12-16-24(17-13-20)31(37)38/h2-4,6-7,10-17,19H,5,8-9,18H2,1H3,(H,30,33)/t19-/m1/s1. The lowest BCUT2D eigenvalue weighted by atomic mass is 10.1. The van der Waals surface area contributed by atoms with Gasteiger partial charge in [-0.25, -0.2) is 4.79 Å². The molecule has 0 bridgehead atoms. The number of hydrogen-bond donors (Lipinski definition) is 1. The van der Waals surface area contributed by atoms with Gasteiger partial charge in [0.05, 0.1) is 10.5 Å². The molecule has 40 heavy (non-hydrogen) atoms. The lowest BCUT2D eigenvalue weighted by Gasteiger charge is -2.12. The van der Waals surface area contributed by atoms with Gasteiger partial charge in [-0.2, -0.15) is 0 Å². The zero-order valence-electron chi connectivity index (χ0n) is 21.5. The van der Waals surface area contributed by atoms with Gasteiger partial charge < -0.3 is 14.8 Å². The van der Waals surface area contributed by atoms with Crippen LogP contribution >= 0.6 is 0 Å². The molecule has 1 amide bonds. The Bertz CT molecular complexity index is 1390. The Balaban J connectivity index is 1.37. The number of non-ortho nitro benzene ring substituents is 1. The van der Waals surface area contributed by atoms with Crippen LogP contribution in [0.3, 0.4) is 0 Å². The minimum absolute atomic E-state index is 0.00824. The van der Waals surface area contributed by atoms with E-state index in [1.54, 1.807) is 30.3 Å². The Morgan fingerprint density at radius 2 is 1.45 bits per heavy atom. The number of ether oxygens (including phenoxy) is 2. The molecule has 0 aliphatic carbocycles. The first kappa shape index (κ1) is 29.4. The van der Waals surface area contributed by atoms with Gasteiger partial charge in [-0.15, -0.1) is 0 Å². The highest BCUT2D eigenvalue weighted by Gasteiger charge is 2.20. The van der Waals surface area contributed by atoms with E-state index in [1.165, 1.54) is 55.5 Å². The number of esters is 2. The van der Waals surface area contributed by atoms with Crippen molar-refractivity contribution < 1.29 is 38.4 Å². The smallest absolute Gasteiger partial charge is 0.338 e. The SMILES string of the molecule is C[C@@H](OC(=O)c1ccc(NC(=O)CCCC(=O)OCC(=O)c2ccc([N+](=O)[O-])cc2)cc1)C(=O)c1ccccc1. The molecule has 3 aromatic carbocycles. The number of benzene rings is 3. The lowest BCUT2D eigenvalue weighted by molar-refractivity contribution is -0.384. The molecule has 0 unspecified atom stereocenters. The molecule has 0 aliphatic heterocycles. The van der Waals surface area contributed by atoms with E-state index in [0.29, 0.717) is 11.3 Å². The molecule has 11 nitrogen and oxygen atoms in total. The van der Waals surface area contributed by atoms with Crippen LogP contribution in [0.25, 0.3) is 0 Å². The molecular weight excluding hydrogens is 520 g/mol. The third-order valence-corrected chi connectivity index (χ3v) is 5.66. The fourth-order valence-corrected chi connectivity index (χ4v) is 3.50. The van der Waals surface area contributed by atoms with E-state index in [0.717, 1.165) is 0 Å². The van der Waals surface area contributed by atoms with Crippen LogP contribution in [-0.2, 0) is 19.1 Å². The summed E-state index contributed by atoms with van der Waals surface area (Å²) in [5.74, 6) is -2.54. The molecule has 0 spiro atoms. The van der Waals surface area contributed by atoms with Crippen molar-refractivity contribution in [1.82, 2.24) is 0 Å². The van der Waals surface area contributed by atoms with E-state index < -0.39 is 35.4 Å². The van der Waals surface area contributed by atoms with Crippen molar-refractivity contribution in [3.63, 3.8) is 0 Å². The minimum Gasteiger partial charge on any atom is -0.457 e. The van der Waals surface area contributed by atoms with E-state index in [2.05, 4.69) is 5.32 Å². The molecule has 0 heterocycles. The van der Waals surface area contributed by atoms with Crippen LogP contribution in [0.2, 0.25) is 0 Å². The molecule has 3 aromatic rings. The van der Waals surface area contributed by atoms with Gasteiger partial charge in [0.1, 0.15) is 0 Å². The highest BCUT2D eigenvalue weighted by molar-refractivity contribution is 6.01. The normalized spacial score (nSPS) is 11.1. The van der Waals surface area contributed by atoms with Crippen molar-refractivity contribution in [3.05, 3.63) is 106 Å². The van der Waals surface area contributed by atoms with Crippen molar-refractivity contribution in [1.29, 1.82) is 0 Å². The summed E-state index contributed by atoms with van der Waals surface area (Å²) in [6.07, 6.45) is -0.880. The van der Waals surface area contributed by atoms with Gasteiger partial charge in [0, 0.05) is 41.8 Å². The number of hydrogen-bond acceptors (Lipinski definition) is 9. The first-order valence-electron chi connectivity index (χ1n) is 12.3. The Hall–Kier alpha value is -5.19.